The largest absolute Gasteiger partial charge is 0.510 e. The summed E-state index contributed by atoms with van der Waals surface area (Å²) in [4.78, 5) is 6.56. The number of nitrogens with zero attached hydrogens (tertiary/aromatic N) is 3. The Bertz CT molecular complexity index is 1070. The zero-order valence-corrected chi connectivity index (χ0v) is 16.1. The van der Waals surface area contributed by atoms with Crippen LogP contribution in [-0.4, -0.2) is 38.5 Å². The second-order valence-corrected chi connectivity index (χ2v) is 7.39. The molecule has 0 aliphatic carbocycles. The lowest BCUT2D eigenvalue weighted by Crippen LogP contribution is -2.29. The van der Waals surface area contributed by atoms with Crippen molar-refractivity contribution < 1.29 is 5.11 Å². The molecular weight excluding hydrogens is 360 g/mol. The van der Waals surface area contributed by atoms with Crippen molar-refractivity contribution in [2.75, 3.05) is 13.1 Å². The van der Waals surface area contributed by atoms with E-state index in [4.69, 9.17) is 17.0 Å². The number of aliphatic hydroxyl groups is 1. The summed E-state index contributed by atoms with van der Waals surface area (Å²) in [5.74, 6) is 1.15. The summed E-state index contributed by atoms with van der Waals surface area (Å²) in [7, 11) is 1.92. The Hall–Kier alpha value is -2.79. The van der Waals surface area contributed by atoms with Crippen molar-refractivity contribution in [3.8, 4) is 0 Å². The van der Waals surface area contributed by atoms with Gasteiger partial charge < -0.3 is 14.6 Å². The number of aromatic nitrogens is 2. The third-order valence-electron chi connectivity index (χ3n) is 5.03. The highest BCUT2D eigenvalue weighted by molar-refractivity contribution is 6.30. The van der Waals surface area contributed by atoms with Gasteiger partial charge in [0.2, 0.25) is 0 Å². The van der Waals surface area contributed by atoms with Gasteiger partial charge >= 0.3 is 0 Å². The quantitative estimate of drug-likeness (QED) is 0.707. The van der Waals surface area contributed by atoms with E-state index in [-0.39, 0.29) is 5.76 Å². The molecule has 0 radical (unpaired) electrons. The van der Waals surface area contributed by atoms with Crippen LogP contribution in [0, 0.1) is 12.3 Å². The van der Waals surface area contributed by atoms with Crippen LogP contribution in [0.25, 0.3) is 16.6 Å². The Kier molecular flexibility index (Phi) is 4.40. The van der Waals surface area contributed by atoms with Crippen LogP contribution in [0.1, 0.15) is 17.0 Å². The van der Waals surface area contributed by atoms with Crippen molar-refractivity contribution in [3.63, 3.8) is 0 Å². The molecule has 0 unspecified atom stereocenters. The number of halogens is 1. The molecule has 4 rings (SSSR count). The average Bonchev–Trinajstić information content (AvgIpc) is 3.10. The number of nitrogens with one attached hydrogen (secondary N) is 1. The first-order chi connectivity index (χ1) is 12.9. The molecule has 2 N–H and O–H groups in total. The topological polar surface area (TPSA) is 65.1 Å². The molecule has 5 nitrogen and oxygen atoms in total. The molecule has 2 aromatic carbocycles. The second kappa shape index (κ2) is 6.74. The molecule has 138 valence electrons. The minimum Gasteiger partial charge on any atom is -0.510 e. The monoisotopic (exact) mass is 380 g/mol. The number of aliphatic hydroxyl groups excluding tert-OH is 1. The van der Waals surface area contributed by atoms with E-state index in [2.05, 4.69) is 4.98 Å². The summed E-state index contributed by atoms with van der Waals surface area (Å²) >= 11 is 5.93. The standard InChI is InChI=1S/C21H21ClN4O/c1-13-3-8-17-16(11-13)24-21(25(17)2)19-18(27)12-26(20(19)23)10-9-14-4-6-15(22)7-5-14/h3-8,11,23,27H,9-10,12H2,1-2H3. The van der Waals surface area contributed by atoms with Gasteiger partial charge in [-0.25, -0.2) is 4.98 Å². The van der Waals surface area contributed by atoms with Gasteiger partial charge in [-0.15, -0.1) is 0 Å². The van der Waals surface area contributed by atoms with E-state index in [0.717, 1.165) is 28.6 Å². The Labute approximate surface area is 163 Å². The van der Waals surface area contributed by atoms with Crippen LogP contribution in [0.15, 0.2) is 48.2 Å². The fourth-order valence-corrected chi connectivity index (χ4v) is 3.63. The van der Waals surface area contributed by atoms with Gasteiger partial charge in [-0.3, -0.25) is 5.41 Å². The van der Waals surface area contributed by atoms with Gasteiger partial charge in [0.05, 0.1) is 23.2 Å². The molecule has 0 atom stereocenters. The van der Waals surface area contributed by atoms with Gasteiger partial charge in [0.15, 0.2) is 0 Å². The Morgan fingerprint density at radius 2 is 1.93 bits per heavy atom. The third-order valence-corrected chi connectivity index (χ3v) is 5.28. The predicted molar refractivity (Wildman–Crippen MR) is 109 cm³/mol. The van der Waals surface area contributed by atoms with Crippen molar-refractivity contribution in [2.24, 2.45) is 7.05 Å². The third kappa shape index (κ3) is 3.19. The number of imidazole rings is 1. The zero-order valence-electron chi connectivity index (χ0n) is 15.3. The van der Waals surface area contributed by atoms with Gasteiger partial charge in [-0.05, 0) is 48.7 Å². The minimum atomic E-state index is 0.200. The van der Waals surface area contributed by atoms with Crippen molar-refractivity contribution in [1.29, 1.82) is 5.41 Å². The van der Waals surface area contributed by atoms with E-state index in [1.54, 1.807) is 0 Å². The van der Waals surface area contributed by atoms with Gasteiger partial charge in [0.1, 0.15) is 17.4 Å². The molecule has 1 aliphatic heterocycles. The number of amidine groups is 1. The molecule has 1 aliphatic rings. The maximum absolute atomic E-state index is 10.5. The molecule has 27 heavy (non-hydrogen) atoms. The van der Waals surface area contributed by atoms with E-state index in [1.165, 1.54) is 0 Å². The molecule has 0 fully saturated rings. The smallest absolute Gasteiger partial charge is 0.148 e. The van der Waals surface area contributed by atoms with Gasteiger partial charge in [-0.2, -0.15) is 0 Å². The maximum Gasteiger partial charge on any atom is 0.148 e. The first kappa shape index (κ1) is 17.6. The summed E-state index contributed by atoms with van der Waals surface area (Å²) < 4.78 is 1.94. The van der Waals surface area contributed by atoms with Crippen molar-refractivity contribution in [3.05, 3.63) is 70.2 Å². The van der Waals surface area contributed by atoms with Gasteiger partial charge in [-0.1, -0.05) is 29.8 Å². The van der Waals surface area contributed by atoms with Crippen molar-refractivity contribution in [2.45, 2.75) is 13.3 Å². The molecule has 0 saturated carbocycles. The second-order valence-electron chi connectivity index (χ2n) is 6.95. The van der Waals surface area contributed by atoms with Crippen molar-refractivity contribution >= 4 is 34.0 Å². The molecule has 2 heterocycles. The first-order valence-corrected chi connectivity index (χ1v) is 9.25. The van der Waals surface area contributed by atoms with Crippen LogP contribution >= 0.6 is 11.6 Å². The summed E-state index contributed by atoms with van der Waals surface area (Å²) in [5.41, 5.74) is 4.67. The van der Waals surface area contributed by atoms with E-state index < -0.39 is 0 Å². The van der Waals surface area contributed by atoms with Crippen LogP contribution in [0.5, 0.6) is 0 Å². The van der Waals surface area contributed by atoms with Crippen LogP contribution in [-0.2, 0) is 13.5 Å². The Morgan fingerprint density at radius 1 is 1.19 bits per heavy atom. The fourth-order valence-electron chi connectivity index (χ4n) is 3.51. The molecule has 3 aromatic rings. The van der Waals surface area contributed by atoms with E-state index in [0.29, 0.717) is 35.3 Å². The Balaban J connectivity index is 1.57. The lowest BCUT2D eigenvalue weighted by molar-refractivity contribution is 0.351. The SMILES string of the molecule is Cc1ccc2c(c1)nc(C1=C(O)CN(CCc3ccc(Cl)cc3)C1=N)n2C. The van der Waals surface area contributed by atoms with Crippen LogP contribution in [0.3, 0.4) is 0 Å². The molecule has 6 heteroatoms. The highest BCUT2D eigenvalue weighted by atomic mass is 35.5. The van der Waals surface area contributed by atoms with Crippen LogP contribution in [0.4, 0.5) is 0 Å². The van der Waals surface area contributed by atoms with Gasteiger partial charge in [0.25, 0.3) is 0 Å². The molecule has 1 aromatic heterocycles. The fraction of sp³-hybridized carbons (Fsp3) is 0.238. The average molecular weight is 381 g/mol. The molecular formula is C21H21ClN4O. The predicted octanol–water partition coefficient (Wildman–Crippen LogP) is 4.34. The normalized spacial score (nSPS) is 14.6. The van der Waals surface area contributed by atoms with Gasteiger partial charge in [0, 0.05) is 18.6 Å². The van der Waals surface area contributed by atoms with E-state index in [9.17, 15) is 5.11 Å². The van der Waals surface area contributed by atoms with Crippen molar-refractivity contribution in [1.82, 2.24) is 14.5 Å². The number of rotatable bonds is 4. The summed E-state index contributed by atoms with van der Waals surface area (Å²) in [6.07, 6.45) is 0.780. The molecule has 0 saturated heterocycles. The summed E-state index contributed by atoms with van der Waals surface area (Å²) in [6.45, 7) is 3.02. The summed E-state index contributed by atoms with van der Waals surface area (Å²) in [6, 6.07) is 13.8. The van der Waals surface area contributed by atoms with Crippen LogP contribution < -0.4 is 0 Å². The Morgan fingerprint density at radius 3 is 2.67 bits per heavy atom. The highest BCUT2D eigenvalue weighted by Gasteiger charge is 2.31. The highest BCUT2D eigenvalue weighted by Crippen LogP contribution is 2.29. The summed E-state index contributed by atoms with van der Waals surface area (Å²) in [5, 5.41) is 19.8. The molecule has 0 amide bonds. The molecule has 0 spiro atoms. The molecule has 0 bridgehead atoms. The number of hydrogen-bond donors (Lipinski definition) is 2. The van der Waals surface area contributed by atoms with E-state index >= 15 is 0 Å². The number of fused-ring (bicyclic) bond motifs is 1. The number of hydrogen-bond acceptors (Lipinski definition) is 3. The lowest BCUT2D eigenvalue weighted by Gasteiger charge is -2.18. The lowest BCUT2D eigenvalue weighted by atomic mass is 10.1. The van der Waals surface area contributed by atoms with Crippen LogP contribution in [0.2, 0.25) is 5.02 Å². The number of aryl methyl sites for hydroxylation is 2. The van der Waals surface area contributed by atoms with E-state index in [1.807, 2.05) is 65.9 Å². The number of benzene rings is 2. The minimum absolute atomic E-state index is 0.200. The first-order valence-electron chi connectivity index (χ1n) is 8.88. The zero-order chi connectivity index (χ0) is 19.1. The maximum atomic E-state index is 10.5.